The first-order chi connectivity index (χ1) is 13.2. The number of benzene rings is 2. The summed E-state index contributed by atoms with van der Waals surface area (Å²) in [4.78, 5) is 23.7. The van der Waals surface area contributed by atoms with Crippen LogP contribution >= 0.6 is 7.79 Å². The lowest BCUT2D eigenvalue weighted by molar-refractivity contribution is -0.108. The van der Waals surface area contributed by atoms with Crippen molar-refractivity contribution in [2.24, 2.45) is 0 Å². The Morgan fingerprint density at radius 2 is 1.48 bits per heavy atom. The van der Waals surface area contributed by atoms with E-state index in [1.807, 2.05) is 66.7 Å². The molecule has 1 aliphatic heterocycles. The third-order valence-corrected chi connectivity index (χ3v) is 8.54. The fraction of sp³-hybridized carbons (Fsp3) is 0.190. The Morgan fingerprint density at radius 3 is 1.93 bits per heavy atom. The summed E-state index contributed by atoms with van der Waals surface area (Å²) < 4.78 is 9.78. The maximum atomic E-state index is 12.2. The van der Waals surface area contributed by atoms with E-state index < -0.39 is 13.4 Å². The third-order valence-electron chi connectivity index (χ3n) is 4.95. The van der Waals surface area contributed by atoms with Crippen molar-refractivity contribution in [3.8, 4) is 0 Å². The summed E-state index contributed by atoms with van der Waals surface area (Å²) in [5.41, 5.74) is 1.48. The van der Waals surface area contributed by atoms with Crippen LogP contribution in [-0.4, -0.2) is 24.3 Å². The highest BCUT2D eigenvalue weighted by Crippen LogP contribution is 2.75. The van der Waals surface area contributed by atoms with E-state index >= 15 is 0 Å². The molecular weight excluding hydrogens is 359 g/mol. The lowest BCUT2D eigenvalue weighted by atomic mass is 10.2. The van der Waals surface area contributed by atoms with E-state index in [2.05, 4.69) is 9.34 Å². The second-order valence-electron chi connectivity index (χ2n) is 6.47. The maximum absolute atomic E-state index is 12.2. The molecule has 0 radical (unpaired) electrons. The number of para-hydroxylation sites is 2. The molecule has 1 saturated heterocycles. The van der Waals surface area contributed by atoms with E-state index in [1.165, 1.54) is 0 Å². The summed E-state index contributed by atoms with van der Waals surface area (Å²) in [7, 11) is -2.96. The highest BCUT2D eigenvalue weighted by Gasteiger charge is 2.62. The first-order valence-electron chi connectivity index (χ1n) is 9.00. The molecule has 4 rings (SSSR count). The van der Waals surface area contributed by atoms with Crippen LogP contribution in [0.2, 0.25) is 0 Å². The second-order valence-corrected chi connectivity index (χ2v) is 9.28. The molecule has 0 amide bonds. The van der Waals surface area contributed by atoms with Gasteiger partial charge in [0.15, 0.2) is 5.76 Å². The Bertz CT molecular complexity index is 823. The van der Waals surface area contributed by atoms with Gasteiger partial charge in [0.25, 0.3) is 0 Å². The van der Waals surface area contributed by atoms with Gasteiger partial charge >= 0.3 is 7.79 Å². The average molecular weight is 381 g/mol. The van der Waals surface area contributed by atoms with Crippen LogP contribution in [0.5, 0.6) is 0 Å². The molecule has 27 heavy (non-hydrogen) atoms. The molecule has 0 aliphatic carbocycles. The van der Waals surface area contributed by atoms with Gasteiger partial charge in [-0.2, -0.15) is 0 Å². The molecule has 0 saturated carbocycles. The van der Waals surface area contributed by atoms with Crippen LogP contribution in [-0.2, 0) is 4.79 Å². The van der Waals surface area contributed by atoms with E-state index in [0.717, 1.165) is 17.7 Å². The van der Waals surface area contributed by atoms with Crippen LogP contribution in [0.25, 0.3) is 0 Å². The molecule has 0 spiro atoms. The molecule has 1 N–H and O–H groups in total. The fourth-order valence-corrected chi connectivity index (χ4v) is 7.25. The number of rotatable bonds is 6. The number of hydrogen-bond acceptors (Lipinski definition) is 5. The third kappa shape index (κ3) is 3.14. The molecule has 1 aromatic heterocycles. The highest BCUT2D eigenvalue weighted by molar-refractivity contribution is 7.74. The van der Waals surface area contributed by atoms with Crippen molar-refractivity contribution in [3.05, 3.63) is 84.8 Å². The number of carbonyl (C=O) groups is 1. The molecule has 5 nitrogen and oxygen atoms in total. The Labute approximate surface area is 159 Å². The predicted octanol–water partition coefficient (Wildman–Crippen LogP) is 4.69. The lowest BCUT2D eigenvalue weighted by Gasteiger charge is -2.35. The largest absolute Gasteiger partial charge is 0.465 e. The Balaban J connectivity index is 1.85. The zero-order chi connectivity index (χ0) is 18.7. The van der Waals surface area contributed by atoms with Gasteiger partial charge in [0.1, 0.15) is 6.29 Å². The van der Waals surface area contributed by atoms with Gasteiger partial charge in [-0.15, -0.1) is 0 Å². The summed E-state index contributed by atoms with van der Waals surface area (Å²) in [6, 6.07) is 23.4. The Hall–Kier alpha value is -2.62. The van der Waals surface area contributed by atoms with E-state index in [-0.39, 0.29) is 6.42 Å². The van der Waals surface area contributed by atoms with Gasteiger partial charge in [0.05, 0.1) is 37.1 Å². The van der Waals surface area contributed by atoms with Crippen LogP contribution in [0, 0.1) is 0 Å². The van der Waals surface area contributed by atoms with Crippen LogP contribution in [0.1, 0.15) is 17.8 Å². The molecule has 1 aliphatic rings. The zero-order valence-electron chi connectivity index (χ0n) is 14.9. The number of nitrogens with zero attached hydrogens (tertiary/aromatic N) is 2. The molecule has 6 heteroatoms. The van der Waals surface area contributed by atoms with Gasteiger partial charge in [-0.1, -0.05) is 36.4 Å². The van der Waals surface area contributed by atoms with Gasteiger partial charge in [0.2, 0.25) is 5.66 Å². The molecule has 2 aromatic carbocycles. The van der Waals surface area contributed by atoms with Gasteiger partial charge in [0, 0.05) is 0 Å². The lowest BCUT2D eigenvalue weighted by Crippen LogP contribution is -2.29. The van der Waals surface area contributed by atoms with Gasteiger partial charge in [-0.05, 0) is 36.4 Å². The SMILES string of the molecule is O=CCC(c1ccco1)[P+]1(O)N(c2ccccc2)CCN1c1ccccc1. The van der Waals surface area contributed by atoms with Crippen LogP contribution in [0.3, 0.4) is 0 Å². The maximum Gasteiger partial charge on any atom is 0.342 e. The van der Waals surface area contributed by atoms with Crippen LogP contribution < -0.4 is 9.34 Å². The van der Waals surface area contributed by atoms with Gasteiger partial charge < -0.3 is 9.21 Å². The number of carbonyl (C=O) groups excluding carboxylic acids is 1. The Morgan fingerprint density at radius 1 is 0.926 bits per heavy atom. The molecule has 0 bridgehead atoms. The minimum atomic E-state index is -2.96. The summed E-state index contributed by atoms with van der Waals surface area (Å²) in [5, 5.41) is 0. The molecule has 3 aromatic rings. The number of furan rings is 1. The highest BCUT2D eigenvalue weighted by atomic mass is 31.2. The minimum absolute atomic E-state index is 0.199. The Kier molecular flexibility index (Phi) is 4.97. The average Bonchev–Trinajstić information content (AvgIpc) is 3.36. The van der Waals surface area contributed by atoms with Crippen molar-refractivity contribution in [2.45, 2.75) is 12.1 Å². The number of hydrogen-bond donors (Lipinski definition) is 1. The van der Waals surface area contributed by atoms with E-state index in [1.54, 1.807) is 12.3 Å². The quantitative estimate of drug-likeness (QED) is 0.496. The zero-order valence-corrected chi connectivity index (χ0v) is 15.8. The topological polar surface area (TPSA) is 56.9 Å². The summed E-state index contributed by atoms with van der Waals surface area (Å²) in [6.07, 6.45) is 2.66. The fourth-order valence-electron chi connectivity index (χ4n) is 3.75. The van der Waals surface area contributed by atoms with Crippen molar-refractivity contribution in [2.75, 3.05) is 22.4 Å². The van der Waals surface area contributed by atoms with Crippen molar-refractivity contribution < 1.29 is 14.1 Å². The minimum Gasteiger partial charge on any atom is -0.465 e. The molecular formula is C21H22N2O3P+. The van der Waals surface area contributed by atoms with Crippen LogP contribution in [0.15, 0.2) is 83.5 Å². The van der Waals surface area contributed by atoms with Crippen molar-refractivity contribution in [1.82, 2.24) is 0 Å². The summed E-state index contributed by atoms with van der Waals surface area (Å²) >= 11 is 0. The molecule has 138 valence electrons. The second kappa shape index (κ2) is 7.55. The molecule has 1 unspecified atom stereocenters. The van der Waals surface area contributed by atoms with E-state index in [4.69, 9.17) is 4.42 Å². The number of anilines is 2. The van der Waals surface area contributed by atoms with Crippen molar-refractivity contribution in [3.63, 3.8) is 0 Å². The summed E-state index contributed by atoms with van der Waals surface area (Å²) in [6.45, 7) is 1.36. The monoisotopic (exact) mass is 381 g/mol. The van der Waals surface area contributed by atoms with Gasteiger partial charge in [-0.3, -0.25) is 0 Å². The van der Waals surface area contributed by atoms with Crippen LogP contribution in [0.4, 0.5) is 11.4 Å². The molecule has 2 heterocycles. The van der Waals surface area contributed by atoms with Crippen molar-refractivity contribution in [1.29, 1.82) is 0 Å². The first kappa shape index (κ1) is 17.8. The van der Waals surface area contributed by atoms with E-state index in [0.29, 0.717) is 18.8 Å². The first-order valence-corrected chi connectivity index (χ1v) is 10.7. The predicted molar refractivity (Wildman–Crippen MR) is 109 cm³/mol. The smallest absolute Gasteiger partial charge is 0.342 e. The standard InChI is InChI=1S/C21H22N2O3P/c24-16-13-21(20-12-7-17-26-20)27(25)22(18-8-3-1-4-9-18)14-15-23(27)19-10-5-2-6-11-19/h1-12,16-17,21,25H,13-15H2/q+1. The normalized spacial score (nSPS) is 17.1. The van der Waals surface area contributed by atoms with Crippen molar-refractivity contribution >= 4 is 25.5 Å². The number of aldehydes is 1. The molecule has 1 fully saturated rings. The van der Waals surface area contributed by atoms with Gasteiger partial charge in [-0.25, -0.2) is 14.2 Å². The van der Waals surface area contributed by atoms with E-state index in [9.17, 15) is 9.69 Å². The summed E-state index contributed by atoms with van der Waals surface area (Å²) in [5.74, 6) is 0.640. The molecule has 1 atom stereocenters.